The van der Waals surface area contributed by atoms with Gasteiger partial charge in [-0.25, -0.2) is 0 Å². The van der Waals surface area contributed by atoms with Crippen LogP contribution in [0.15, 0.2) is 5.16 Å². The van der Waals surface area contributed by atoms with E-state index in [0.717, 1.165) is 0 Å². The van der Waals surface area contributed by atoms with Crippen LogP contribution in [0, 0.1) is 0 Å². The quantitative estimate of drug-likeness (QED) is 0.160. The monoisotopic (exact) mass is 119 g/mol. The van der Waals surface area contributed by atoms with Crippen LogP contribution in [0.3, 0.4) is 0 Å². The van der Waals surface area contributed by atoms with E-state index in [9.17, 15) is 0 Å². The third-order valence-electron chi connectivity index (χ3n) is 0.494. The van der Waals surface area contributed by atoms with Crippen LogP contribution >= 0.6 is 0 Å². The zero-order valence-corrected chi connectivity index (χ0v) is 6.51. The number of hydrogen-bond acceptors (Lipinski definition) is 3. The summed E-state index contributed by atoms with van der Waals surface area (Å²) >= 11 is 0. The highest BCUT2D eigenvalue weighted by molar-refractivity contribution is 6.56. The van der Waals surface area contributed by atoms with Crippen molar-refractivity contribution >= 4 is 15.8 Å². The van der Waals surface area contributed by atoms with E-state index < -0.39 is 0 Å². The van der Waals surface area contributed by atoms with Crippen LogP contribution in [0.25, 0.3) is 0 Å². The van der Waals surface area contributed by atoms with E-state index >= 15 is 0 Å². The lowest BCUT2D eigenvalue weighted by Gasteiger charge is -1.95. The summed E-state index contributed by atoms with van der Waals surface area (Å²) in [6.07, 6.45) is 0. The van der Waals surface area contributed by atoms with E-state index in [4.69, 9.17) is 9.94 Å². The van der Waals surface area contributed by atoms with E-state index in [1.807, 2.05) is 6.92 Å². The van der Waals surface area contributed by atoms with Crippen LogP contribution in [0.2, 0.25) is 0 Å². The molecule has 0 aliphatic rings. The lowest BCUT2D eigenvalue weighted by atomic mass is 10.9. The van der Waals surface area contributed by atoms with E-state index in [-0.39, 0.29) is 0 Å². The van der Waals surface area contributed by atoms with Gasteiger partial charge in [0.25, 0.3) is 0 Å². The van der Waals surface area contributed by atoms with Gasteiger partial charge in [0.2, 0.25) is 0 Å². The van der Waals surface area contributed by atoms with Crippen molar-refractivity contribution in [2.75, 3.05) is 6.61 Å². The summed E-state index contributed by atoms with van der Waals surface area (Å²) < 4.78 is 4.75. The fourth-order valence-corrected chi connectivity index (χ4v) is 0.526. The maximum atomic E-state index is 7.96. The molecule has 0 amide bonds. The SMILES string of the molecule is CCOC([SiH3])=NO. The molecule has 0 unspecified atom stereocenters. The average Bonchev–Trinajstić information content (AvgIpc) is 1.68. The summed E-state index contributed by atoms with van der Waals surface area (Å²) in [4.78, 5) is 0. The first-order valence-corrected chi connectivity index (χ1v) is 3.12. The first-order valence-electron chi connectivity index (χ1n) is 2.12. The van der Waals surface area contributed by atoms with Gasteiger partial charge in [0.1, 0.15) is 10.2 Å². The van der Waals surface area contributed by atoms with Crippen molar-refractivity contribution in [3.05, 3.63) is 0 Å². The van der Waals surface area contributed by atoms with Gasteiger partial charge in [0.15, 0.2) is 5.52 Å². The second-order valence-corrected chi connectivity index (χ2v) is 1.91. The molecule has 0 saturated heterocycles. The van der Waals surface area contributed by atoms with Gasteiger partial charge in [-0.1, -0.05) is 5.16 Å². The van der Waals surface area contributed by atoms with Gasteiger partial charge >= 0.3 is 0 Å². The van der Waals surface area contributed by atoms with Crippen LogP contribution in [0.1, 0.15) is 6.92 Å². The highest BCUT2D eigenvalue weighted by atomic mass is 28.1. The predicted octanol–water partition coefficient (Wildman–Crippen LogP) is -0.867. The zero-order chi connectivity index (χ0) is 5.70. The van der Waals surface area contributed by atoms with Crippen molar-refractivity contribution < 1.29 is 9.94 Å². The van der Waals surface area contributed by atoms with E-state index in [1.54, 1.807) is 0 Å². The minimum absolute atomic E-state index is 0.447. The van der Waals surface area contributed by atoms with Gasteiger partial charge < -0.3 is 9.94 Å². The third-order valence-corrected chi connectivity index (χ3v) is 0.983. The molecule has 0 rings (SSSR count). The zero-order valence-electron chi connectivity index (χ0n) is 4.51. The number of nitrogens with zero attached hydrogens (tertiary/aromatic N) is 1. The molecule has 1 N–H and O–H groups in total. The van der Waals surface area contributed by atoms with E-state index in [1.165, 1.54) is 0 Å². The number of ether oxygens (including phenoxy) is 1. The maximum absolute atomic E-state index is 7.96. The largest absolute Gasteiger partial charge is 0.484 e. The second-order valence-electron chi connectivity index (χ2n) is 1.05. The fourth-order valence-electron chi connectivity index (χ4n) is 0.238. The molecule has 0 saturated carbocycles. The van der Waals surface area contributed by atoms with Gasteiger partial charge in [-0.3, -0.25) is 0 Å². The number of hydrogen-bond donors (Lipinski definition) is 1. The third kappa shape index (κ3) is 3.31. The summed E-state index contributed by atoms with van der Waals surface area (Å²) in [5.74, 6) is 0. The van der Waals surface area contributed by atoms with Crippen molar-refractivity contribution in [1.29, 1.82) is 0 Å². The molecule has 42 valence electrons. The lowest BCUT2D eigenvalue weighted by Crippen LogP contribution is -2.02. The molecule has 0 bridgehead atoms. The Morgan fingerprint density at radius 3 is 2.71 bits per heavy atom. The van der Waals surface area contributed by atoms with Gasteiger partial charge in [-0.15, -0.1) is 0 Å². The number of oxime groups is 1. The van der Waals surface area contributed by atoms with Crippen molar-refractivity contribution in [1.82, 2.24) is 0 Å². The predicted molar refractivity (Wildman–Crippen MR) is 30.8 cm³/mol. The molecule has 0 aromatic rings. The van der Waals surface area contributed by atoms with Gasteiger partial charge in [0.05, 0.1) is 6.61 Å². The highest BCUT2D eigenvalue weighted by Gasteiger charge is 1.82. The Bertz CT molecular complexity index is 73.3. The number of rotatable bonds is 1. The van der Waals surface area contributed by atoms with E-state index in [2.05, 4.69) is 5.16 Å². The summed E-state index contributed by atoms with van der Waals surface area (Å²) in [7, 11) is 0.677. The Kier molecular flexibility index (Phi) is 3.40. The molecule has 4 heteroatoms. The van der Waals surface area contributed by atoms with Crippen LogP contribution in [0.5, 0.6) is 0 Å². The summed E-state index contributed by atoms with van der Waals surface area (Å²) in [5.41, 5.74) is 0.447. The average molecular weight is 119 g/mol. The van der Waals surface area contributed by atoms with Crippen LogP contribution in [-0.4, -0.2) is 27.6 Å². The van der Waals surface area contributed by atoms with Crippen LogP contribution < -0.4 is 0 Å². The molecule has 0 aromatic heterocycles. The summed E-state index contributed by atoms with van der Waals surface area (Å²) in [5, 5.41) is 10.8. The van der Waals surface area contributed by atoms with Crippen molar-refractivity contribution in [2.24, 2.45) is 5.16 Å². The Morgan fingerprint density at radius 2 is 2.57 bits per heavy atom. The van der Waals surface area contributed by atoms with Gasteiger partial charge in [0, 0.05) is 0 Å². The molecular formula is C3H9NO2Si. The molecule has 0 fully saturated rings. The molecule has 0 aliphatic heterocycles. The Balaban J connectivity index is 3.17. The minimum Gasteiger partial charge on any atom is -0.484 e. The first-order chi connectivity index (χ1) is 3.31. The highest BCUT2D eigenvalue weighted by Crippen LogP contribution is 1.71. The lowest BCUT2D eigenvalue weighted by molar-refractivity contribution is 0.272. The molecule has 0 radical (unpaired) electrons. The molecule has 0 atom stereocenters. The normalized spacial score (nSPS) is 11.9. The molecule has 0 heterocycles. The van der Waals surface area contributed by atoms with Crippen molar-refractivity contribution in [2.45, 2.75) is 6.92 Å². The Hall–Kier alpha value is -0.513. The summed E-state index contributed by atoms with van der Waals surface area (Å²) in [6, 6.07) is 0. The molecule has 0 aromatic carbocycles. The van der Waals surface area contributed by atoms with E-state index in [0.29, 0.717) is 22.4 Å². The second kappa shape index (κ2) is 3.67. The molecule has 3 nitrogen and oxygen atoms in total. The Morgan fingerprint density at radius 1 is 2.00 bits per heavy atom. The van der Waals surface area contributed by atoms with Crippen molar-refractivity contribution in [3.63, 3.8) is 0 Å². The standard InChI is InChI=1S/C3H9NO2Si/c1-2-6-3(7)4-5/h5H,2H2,1,7H3. The molecule has 0 spiro atoms. The topological polar surface area (TPSA) is 41.8 Å². The smallest absolute Gasteiger partial charge is 0.185 e. The molecular weight excluding hydrogens is 110 g/mol. The maximum Gasteiger partial charge on any atom is 0.185 e. The molecule has 0 aliphatic carbocycles. The summed E-state index contributed by atoms with van der Waals surface area (Å²) in [6.45, 7) is 2.44. The van der Waals surface area contributed by atoms with Crippen LogP contribution in [-0.2, 0) is 4.74 Å². The van der Waals surface area contributed by atoms with Crippen LogP contribution in [0.4, 0.5) is 0 Å². The molecule has 7 heavy (non-hydrogen) atoms. The van der Waals surface area contributed by atoms with Gasteiger partial charge in [-0.05, 0) is 6.92 Å². The fraction of sp³-hybridized carbons (Fsp3) is 0.667. The van der Waals surface area contributed by atoms with Crippen molar-refractivity contribution in [3.8, 4) is 0 Å². The Labute approximate surface area is 45.4 Å². The van der Waals surface area contributed by atoms with Gasteiger partial charge in [-0.2, -0.15) is 0 Å². The first kappa shape index (κ1) is 6.49. The minimum atomic E-state index is 0.447.